The number of carbonyl (C=O) groups is 4. The van der Waals surface area contributed by atoms with Crippen molar-refractivity contribution in [2.24, 2.45) is 5.73 Å². The Balaban J connectivity index is 3.15. The van der Waals surface area contributed by atoms with E-state index in [1.807, 2.05) is 13.8 Å². The Morgan fingerprint density at radius 3 is 2.03 bits per heavy atom. The van der Waals surface area contributed by atoms with Gasteiger partial charge in [-0.05, 0) is 30.5 Å². The van der Waals surface area contributed by atoms with Crippen molar-refractivity contribution >= 4 is 23.9 Å². The molecule has 1 aromatic carbocycles. The zero-order chi connectivity index (χ0) is 24.1. The van der Waals surface area contributed by atoms with E-state index >= 15 is 0 Å². The molecule has 0 amide bonds. The fourth-order valence-electron chi connectivity index (χ4n) is 2.86. The number of esters is 4. The molecule has 0 saturated carbocycles. The lowest BCUT2D eigenvalue weighted by atomic mass is 9.88. The first-order chi connectivity index (χ1) is 15.2. The van der Waals surface area contributed by atoms with Gasteiger partial charge in [0.1, 0.15) is 5.54 Å². The number of methoxy groups -OCH3 is 1. The summed E-state index contributed by atoms with van der Waals surface area (Å²) in [6, 6.07) is 4.62. The molecule has 0 aliphatic carbocycles. The van der Waals surface area contributed by atoms with Gasteiger partial charge in [-0.3, -0.25) is 19.2 Å². The van der Waals surface area contributed by atoms with Crippen LogP contribution < -0.4 is 15.2 Å². The molecule has 1 aromatic rings. The number of benzene rings is 1. The zero-order valence-electron chi connectivity index (χ0n) is 19.2. The van der Waals surface area contributed by atoms with Gasteiger partial charge in [0.25, 0.3) is 0 Å². The molecule has 9 heteroatoms. The third kappa shape index (κ3) is 8.66. The molecule has 0 heterocycles. The zero-order valence-corrected chi connectivity index (χ0v) is 19.2. The molecule has 0 aliphatic rings. The first kappa shape index (κ1) is 27.1. The lowest BCUT2D eigenvalue weighted by Crippen LogP contribution is -2.51. The first-order valence-electron chi connectivity index (χ1n) is 10.8. The van der Waals surface area contributed by atoms with Crippen molar-refractivity contribution in [2.75, 3.05) is 13.7 Å². The van der Waals surface area contributed by atoms with Crippen molar-refractivity contribution in [3.8, 4) is 11.5 Å². The van der Waals surface area contributed by atoms with Crippen LogP contribution >= 0.6 is 0 Å². The highest BCUT2D eigenvalue weighted by molar-refractivity contribution is 5.81. The Morgan fingerprint density at radius 2 is 1.50 bits per heavy atom. The van der Waals surface area contributed by atoms with Gasteiger partial charge in [0.15, 0.2) is 11.5 Å². The maximum absolute atomic E-state index is 12.4. The summed E-state index contributed by atoms with van der Waals surface area (Å²) < 4.78 is 20.6. The summed E-state index contributed by atoms with van der Waals surface area (Å²) in [5, 5.41) is 0. The van der Waals surface area contributed by atoms with Gasteiger partial charge in [-0.2, -0.15) is 0 Å². The van der Waals surface area contributed by atoms with Crippen molar-refractivity contribution in [3.63, 3.8) is 0 Å². The third-order valence-electron chi connectivity index (χ3n) is 4.58. The Kier molecular flexibility index (Phi) is 11.4. The monoisotopic (exact) mass is 451 g/mol. The minimum Gasteiger partial charge on any atom is -0.468 e. The van der Waals surface area contributed by atoms with E-state index in [9.17, 15) is 19.2 Å². The highest BCUT2D eigenvalue weighted by Crippen LogP contribution is 2.31. The molecule has 0 fully saturated rings. The Hall–Kier alpha value is -2.94. The van der Waals surface area contributed by atoms with Crippen LogP contribution in [0, 0.1) is 0 Å². The lowest BCUT2D eigenvalue weighted by molar-refractivity contribution is -0.151. The summed E-state index contributed by atoms with van der Waals surface area (Å²) in [6.45, 7) is 5.29. The van der Waals surface area contributed by atoms with E-state index in [-0.39, 0.29) is 50.2 Å². The topological polar surface area (TPSA) is 131 Å². The van der Waals surface area contributed by atoms with E-state index in [2.05, 4.69) is 0 Å². The molecule has 0 saturated heterocycles. The number of ether oxygens (including phenoxy) is 4. The summed E-state index contributed by atoms with van der Waals surface area (Å²) in [4.78, 5) is 47.8. The molecule has 0 unspecified atom stereocenters. The fourth-order valence-corrected chi connectivity index (χ4v) is 2.86. The van der Waals surface area contributed by atoms with Crippen LogP contribution in [0.25, 0.3) is 0 Å². The second-order valence-corrected chi connectivity index (χ2v) is 7.38. The smallest absolute Gasteiger partial charge is 0.326 e. The van der Waals surface area contributed by atoms with E-state index in [0.717, 1.165) is 0 Å². The molecular formula is C23H33NO8. The minimum absolute atomic E-state index is 0.0187. The van der Waals surface area contributed by atoms with Gasteiger partial charge in [-0.1, -0.05) is 26.8 Å². The number of hydrogen-bond donors (Lipinski definition) is 1. The predicted molar refractivity (Wildman–Crippen MR) is 116 cm³/mol. The first-order valence-corrected chi connectivity index (χ1v) is 10.8. The van der Waals surface area contributed by atoms with Crippen molar-refractivity contribution in [2.45, 2.75) is 71.3 Å². The largest absolute Gasteiger partial charge is 0.468 e. The van der Waals surface area contributed by atoms with Gasteiger partial charge >= 0.3 is 23.9 Å². The summed E-state index contributed by atoms with van der Waals surface area (Å²) in [5.74, 6) is -1.83. The van der Waals surface area contributed by atoms with Gasteiger partial charge in [0, 0.05) is 32.1 Å². The summed E-state index contributed by atoms with van der Waals surface area (Å²) in [6.07, 6.45) is 1.87. The molecule has 178 valence electrons. The Labute approximate surface area is 188 Å². The summed E-state index contributed by atoms with van der Waals surface area (Å²) >= 11 is 0. The lowest BCUT2D eigenvalue weighted by Gasteiger charge is -2.26. The van der Waals surface area contributed by atoms with Gasteiger partial charge in [0.05, 0.1) is 13.7 Å². The van der Waals surface area contributed by atoms with Crippen LogP contribution in [-0.2, 0) is 35.1 Å². The van der Waals surface area contributed by atoms with E-state index in [4.69, 9.17) is 24.7 Å². The molecule has 9 nitrogen and oxygen atoms in total. The van der Waals surface area contributed by atoms with E-state index in [1.165, 1.54) is 19.2 Å². The number of nitrogens with two attached hydrogens (primary N) is 1. The maximum atomic E-state index is 12.4. The molecule has 0 aromatic heterocycles. The molecule has 1 rings (SSSR count). The Bertz CT molecular complexity index is 807. The van der Waals surface area contributed by atoms with Crippen LogP contribution in [0.5, 0.6) is 11.5 Å². The van der Waals surface area contributed by atoms with Crippen LogP contribution in [0.15, 0.2) is 18.2 Å². The molecule has 1 atom stereocenters. The summed E-state index contributed by atoms with van der Waals surface area (Å²) in [5.41, 5.74) is 5.38. The highest BCUT2D eigenvalue weighted by atomic mass is 16.6. The molecule has 0 bridgehead atoms. The molecular weight excluding hydrogens is 418 g/mol. The third-order valence-corrected chi connectivity index (χ3v) is 4.58. The predicted octanol–water partition coefficient (Wildman–Crippen LogP) is 2.85. The van der Waals surface area contributed by atoms with Crippen molar-refractivity contribution < 1.29 is 38.1 Å². The highest BCUT2D eigenvalue weighted by Gasteiger charge is 2.36. The van der Waals surface area contributed by atoms with Crippen LogP contribution in [0.3, 0.4) is 0 Å². The number of hydrogen-bond acceptors (Lipinski definition) is 9. The number of carbonyl (C=O) groups excluding carboxylic acids is 4. The van der Waals surface area contributed by atoms with Crippen molar-refractivity contribution in [1.82, 2.24) is 0 Å². The second-order valence-electron chi connectivity index (χ2n) is 7.38. The number of rotatable bonds is 13. The summed E-state index contributed by atoms with van der Waals surface area (Å²) in [7, 11) is 1.22. The molecule has 0 spiro atoms. The van der Waals surface area contributed by atoms with Gasteiger partial charge in [-0.15, -0.1) is 0 Å². The normalized spacial score (nSPS) is 12.4. The Morgan fingerprint density at radius 1 is 0.906 bits per heavy atom. The van der Waals surface area contributed by atoms with E-state index in [0.29, 0.717) is 18.4 Å². The quantitative estimate of drug-likeness (QED) is 0.355. The molecule has 2 N–H and O–H groups in total. The van der Waals surface area contributed by atoms with Crippen molar-refractivity contribution in [1.29, 1.82) is 0 Å². The maximum Gasteiger partial charge on any atom is 0.326 e. The van der Waals surface area contributed by atoms with E-state index in [1.54, 1.807) is 13.0 Å². The van der Waals surface area contributed by atoms with Gasteiger partial charge in [-0.25, -0.2) is 0 Å². The van der Waals surface area contributed by atoms with Crippen LogP contribution in [-0.4, -0.2) is 43.1 Å². The molecule has 0 aliphatic heterocycles. The van der Waals surface area contributed by atoms with Crippen LogP contribution in [0.2, 0.25) is 0 Å². The molecule has 32 heavy (non-hydrogen) atoms. The van der Waals surface area contributed by atoms with Crippen molar-refractivity contribution in [3.05, 3.63) is 23.8 Å². The fraction of sp³-hybridized carbons (Fsp3) is 0.565. The van der Waals surface area contributed by atoms with Crippen LogP contribution in [0.1, 0.15) is 64.9 Å². The second kappa shape index (κ2) is 13.5. The molecule has 0 radical (unpaired) electrons. The van der Waals surface area contributed by atoms with Gasteiger partial charge < -0.3 is 24.7 Å². The SMILES string of the molecule is CCCC(=O)Oc1ccc(C[C@](N)(CCOC(=O)CC)C(=O)OC)cc1OC(=O)CCC. The average molecular weight is 452 g/mol. The van der Waals surface area contributed by atoms with Crippen LogP contribution in [0.4, 0.5) is 0 Å². The minimum atomic E-state index is -1.48. The standard InChI is InChI=1S/C23H33NO8/c1-5-8-20(26)31-17-11-10-16(14-18(17)32-21(27)9-6-2)15-23(24,22(28)29-4)12-13-30-19(25)7-3/h10-11,14H,5-9,12-13,15,24H2,1-4H3/t23-/m1/s1. The van der Waals surface area contributed by atoms with E-state index < -0.39 is 29.4 Å². The average Bonchev–Trinajstić information content (AvgIpc) is 2.75. The van der Waals surface area contributed by atoms with Gasteiger partial charge in [0.2, 0.25) is 0 Å².